The predicted molar refractivity (Wildman–Crippen MR) is 90.9 cm³/mol. The van der Waals surface area contributed by atoms with E-state index >= 15 is 0 Å². The highest BCUT2D eigenvalue weighted by Crippen LogP contribution is 2.19. The Morgan fingerprint density at radius 2 is 1.79 bits per heavy atom. The van der Waals surface area contributed by atoms with Crippen molar-refractivity contribution in [2.24, 2.45) is 0 Å². The molecule has 24 heavy (non-hydrogen) atoms. The Morgan fingerprint density at radius 3 is 2.46 bits per heavy atom. The van der Waals surface area contributed by atoms with Crippen molar-refractivity contribution in [3.05, 3.63) is 58.1 Å². The third-order valence-corrected chi connectivity index (χ3v) is 3.54. The Hall–Kier alpha value is -2.48. The van der Waals surface area contributed by atoms with Gasteiger partial charge in [0.05, 0.1) is 6.54 Å². The van der Waals surface area contributed by atoms with Gasteiger partial charge in [-0.15, -0.1) is 0 Å². The molecule has 3 amide bonds. The minimum atomic E-state index is -1.07. The van der Waals surface area contributed by atoms with Gasteiger partial charge < -0.3 is 16.0 Å². The molecular formula is C16H14BrF2N3O2. The van der Waals surface area contributed by atoms with Crippen molar-refractivity contribution in [1.82, 2.24) is 5.32 Å². The number of aryl methyl sites for hydroxylation is 1. The number of nitrogens with one attached hydrogen (secondary N) is 3. The number of hydrogen-bond donors (Lipinski definition) is 3. The molecule has 0 fully saturated rings. The number of carbonyl (C=O) groups excluding carboxylic acids is 2. The number of halogens is 3. The molecule has 0 heterocycles. The Labute approximate surface area is 145 Å². The van der Waals surface area contributed by atoms with E-state index in [2.05, 4.69) is 31.9 Å². The van der Waals surface area contributed by atoms with Crippen molar-refractivity contribution >= 4 is 39.2 Å². The van der Waals surface area contributed by atoms with Crippen molar-refractivity contribution in [1.29, 1.82) is 0 Å². The highest BCUT2D eigenvalue weighted by atomic mass is 79.9. The van der Waals surface area contributed by atoms with Crippen LogP contribution >= 0.6 is 15.9 Å². The van der Waals surface area contributed by atoms with E-state index in [0.717, 1.165) is 22.2 Å². The van der Waals surface area contributed by atoms with E-state index in [1.54, 1.807) is 12.1 Å². The van der Waals surface area contributed by atoms with Gasteiger partial charge in [0.2, 0.25) is 5.91 Å². The lowest BCUT2D eigenvalue weighted by molar-refractivity contribution is -0.115. The zero-order chi connectivity index (χ0) is 17.7. The molecule has 0 saturated carbocycles. The molecule has 0 aliphatic heterocycles. The Morgan fingerprint density at radius 1 is 1.04 bits per heavy atom. The van der Waals surface area contributed by atoms with Gasteiger partial charge in [-0.05, 0) is 42.8 Å². The van der Waals surface area contributed by atoms with Crippen LogP contribution in [0.25, 0.3) is 0 Å². The summed E-state index contributed by atoms with van der Waals surface area (Å²) in [5, 5.41) is 7.34. The fourth-order valence-electron chi connectivity index (χ4n) is 1.87. The van der Waals surface area contributed by atoms with Crippen molar-refractivity contribution in [2.75, 3.05) is 17.2 Å². The summed E-state index contributed by atoms with van der Waals surface area (Å²) in [5.41, 5.74) is 1.56. The topological polar surface area (TPSA) is 70.2 Å². The largest absolute Gasteiger partial charge is 0.329 e. The molecule has 0 aliphatic carbocycles. The van der Waals surface area contributed by atoms with Crippen molar-refractivity contribution in [2.45, 2.75) is 6.92 Å². The van der Waals surface area contributed by atoms with Crippen LogP contribution in [0.15, 0.2) is 40.9 Å². The first-order valence-electron chi connectivity index (χ1n) is 6.91. The molecule has 0 saturated heterocycles. The van der Waals surface area contributed by atoms with Gasteiger partial charge in [-0.3, -0.25) is 4.79 Å². The summed E-state index contributed by atoms with van der Waals surface area (Å²) in [4.78, 5) is 23.5. The molecule has 2 rings (SSSR count). The fraction of sp³-hybridized carbons (Fsp3) is 0.125. The third-order valence-electron chi connectivity index (χ3n) is 3.05. The van der Waals surface area contributed by atoms with Gasteiger partial charge in [-0.1, -0.05) is 15.9 Å². The molecule has 0 aliphatic rings. The summed E-state index contributed by atoms with van der Waals surface area (Å²) in [6.07, 6.45) is 0. The van der Waals surface area contributed by atoms with Crippen LogP contribution in [0.4, 0.5) is 25.0 Å². The molecule has 0 unspecified atom stereocenters. The molecule has 0 bridgehead atoms. The molecule has 0 spiro atoms. The Bertz CT molecular complexity index is 784. The van der Waals surface area contributed by atoms with Gasteiger partial charge in [-0.25, -0.2) is 13.6 Å². The van der Waals surface area contributed by atoms with Crippen molar-refractivity contribution in [3.63, 3.8) is 0 Å². The maximum Gasteiger partial charge on any atom is 0.319 e. The normalized spacial score (nSPS) is 10.2. The number of urea groups is 1. The van der Waals surface area contributed by atoms with Crippen LogP contribution in [0.2, 0.25) is 0 Å². The lowest BCUT2D eigenvalue weighted by atomic mass is 10.2. The number of anilines is 2. The number of rotatable bonds is 4. The maximum atomic E-state index is 13.0. The maximum absolute atomic E-state index is 13.0. The minimum absolute atomic E-state index is 0.102. The van der Waals surface area contributed by atoms with E-state index in [-0.39, 0.29) is 12.2 Å². The lowest BCUT2D eigenvalue weighted by Crippen LogP contribution is -2.35. The monoisotopic (exact) mass is 397 g/mol. The molecule has 8 heteroatoms. The van der Waals surface area contributed by atoms with Crippen LogP contribution in [0.1, 0.15) is 5.56 Å². The van der Waals surface area contributed by atoms with Crippen molar-refractivity contribution in [3.8, 4) is 0 Å². The van der Waals surface area contributed by atoms with Gasteiger partial charge >= 0.3 is 6.03 Å². The lowest BCUT2D eigenvalue weighted by Gasteiger charge is -2.10. The second kappa shape index (κ2) is 7.87. The summed E-state index contributed by atoms with van der Waals surface area (Å²) < 4.78 is 26.7. The van der Waals surface area contributed by atoms with Gasteiger partial charge in [0.15, 0.2) is 11.6 Å². The van der Waals surface area contributed by atoms with Crippen LogP contribution < -0.4 is 16.0 Å². The SMILES string of the molecule is Cc1cc(Br)ccc1NC(=O)NCC(=O)Nc1ccc(F)c(F)c1. The van der Waals surface area contributed by atoms with Crippen LogP contribution in [-0.4, -0.2) is 18.5 Å². The molecule has 0 aromatic heterocycles. The summed E-state index contributed by atoms with van der Waals surface area (Å²) in [7, 11) is 0. The minimum Gasteiger partial charge on any atom is -0.329 e. The van der Waals surface area contributed by atoms with Crippen LogP contribution in [0, 0.1) is 18.6 Å². The van der Waals surface area contributed by atoms with Gasteiger partial charge in [0.25, 0.3) is 0 Å². The number of hydrogen-bond acceptors (Lipinski definition) is 2. The average Bonchev–Trinajstić information content (AvgIpc) is 2.52. The quantitative estimate of drug-likeness (QED) is 0.734. The molecule has 126 valence electrons. The van der Waals surface area contributed by atoms with E-state index in [9.17, 15) is 18.4 Å². The molecule has 5 nitrogen and oxygen atoms in total. The smallest absolute Gasteiger partial charge is 0.319 e. The summed E-state index contributed by atoms with van der Waals surface area (Å²) in [6.45, 7) is 1.51. The zero-order valence-electron chi connectivity index (χ0n) is 12.6. The van der Waals surface area contributed by atoms with Gasteiger partial charge in [-0.2, -0.15) is 0 Å². The molecular weight excluding hydrogens is 384 g/mol. The summed E-state index contributed by atoms with van der Waals surface area (Å²) in [5.74, 6) is -2.64. The summed E-state index contributed by atoms with van der Waals surface area (Å²) in [6, 6.07) is 7.77. The molecule has 3 N–H and O–H groups in total. The summed E-state index contributed by atoms with van der Waals surface area (Å²) >= 11 is 3.32. The van der Waals surface area contributed by atoms with Crippen molar-refractivity contribution < 1.29 is 18.4 Å². The second-order valence-electron chi connectivity index (χ2n) is 4.94. The zero-order valence-corrected chi connectivity index (χ0v) is 14.2. The number of benzene rings is 2. The van der Waals surface area contributed by atoms with E-state index in [4.69, 9.17) is 0 Å². The molecule has 0 atom stereocenters. The predicted octanol–water partition coefficient (Wildman–Crippen LogP) is 3.80. The first kappa shape index (κ1) is 17.9. The fourth-order valence-corrected chi connectivity index (χ4v) is 2.35. The first-order valence-corrected chi connectivity index (χ1v) is 7.70. The van der Waals surface area contributed by atoms with E-state index in [0.29, 0.717) is 5.69 Å². The van der Waals surface area contributed by atoms with Gasteiger partial charge in [0.1, 0.15) is 0 Å². The number of amides is 3. The first-order chi connectivity index (χ1) is 11.3. The van der Waals surface area contributed by atoms with E-state index in [1.807, 2.05) is 13.0 Å². The highest BCUT2D eigenvalue weighted by molar-refractivity contribution is 9.10. The molecule has 0 radical (unpaired) electrons. The average molecular weight is 398 g/mol. The Kier molecular flexibility index (Phi) is 5.86. The molecule has 2 aromatic rings. The van der Waals surface area contributed by atoms with Crippen LogP contribution in [-0.2, 0) is 4.79 Å². The van der Waals surface area contributed by atoms with Crippen LogP contribution in [0.5, 0.6) is 0 Å². The number of carbonyl (C=O) groups is 2. The van der Waals surface area contributed by atoms with E-state index < -0.39 is 23.6 Å². The van der Waals surface area contributed by atoms with Crippen LogP contribution in [0.3, 0.4) is 0 Å². The second-order valence-corrected chi connectivity index (χ2v) is 5.86. The Balaban J connectivity index is 1.84. The third kappa shape index (κ3) is 5.02. The standard InChI is InChI=1S/C16H14BrF2N3O2/c1-9-6-10(17)2-5-14(9)22-16(24)20-8-15(23)21-11-3-4-12(18)13(19)7-11/h2-7H,8H2,1H3,(H,21,23)(H2,20,22,24). The molecule has 2 aromatic carbocycles. The highest BCUT2D eigenvalue weighted by Gasteiger charge is 2.09. The van der Waals surface area contributed by atoms with E-state index in [1.165, 1.54) is 6.07 Å². The van der Waals surface area contributed by atoms with Gasteiger partial charge in [0, 0.05) is 21.9 Å².